The minimum atomic E-state index is -0.632. The lowest BCUT2D eigenvalue weighted by Gasteiger charge is -2.18. The van der Waals surface area contributed by atoms with E-state index in [1.807, 2.05) is 6.07 Å². The van der Waals surface area contributed by atoms with Crippen molar-refractivity contribution in [1.82, 2.24) is 5.32 Å². The largest absolute Gasteiger partial charge is 0.457 e. The molecule has 1 N–H and O–H groups in total. The maximum Gasteiger partial charge on any atom is 0.308 e. The van der Waals surface area contributed by atoms with E-state index in [2.05, 4.69) is 5.32 Å². The Morgan fingerprint density at radius 3 is 2.03 bits per heavy atom. The number of Topliss-reactive ketones (excluding diaryl/α,β-unsaturated/α-hetero) is 1. The van der Waals surface area contributed by atoms with Gasteiger partial charge < -0.3 is 10.1 Å². The van der Waals surface area contributed by atoms with Crippen molar-refractivity contribution in [2.45, 2.75) is 12.5 Å². The molecule has 0 bridgehead atoms. The lowest BCUT2D eigenvalue weighted by molar-refractivity contribution is -0.143. The van der Waals surface area contributed by atoms with Crippen LogP contribution in [0.5, 0.6) is 0 Å². The molecule has 1 amide bonds. The van der Waals surface area contributed by atoms with Gasteiger partial charge in [-0.15, -0.1) is 0 Å². The van der Waals surface area contributed by atoms with E-state index in [0.29, 0.717) is 5.56 Å². The maximum absolute atomic E-state index is 13.0. The van der Waals surface area contributed by atoms with Gasteiger partial charge in [-0.25, -0.2) is 4.39 Å². The Morgan fingerprint density at radius 2 is 1.40 bits per heavy atom. The molecule has 0 aliphatic rings. The lowest BCUT2D eigenvalue weighted by Crippen LogP contribution is -2.31. The smallest absolute Gasteiger partial charge is 0.308 e. The summed E-state index contributed by atoms with van der Waals surface area (Å²) in [5, 5.41) is 2.84. The predicted molar refractivity (Wildman–Crippen MR) is 109 cm³/mol. The Kier molecular flexibility index (Phi) is 7.05. The molecule has 0 radical (unpaired) electrons. The van der Waals surface area contributed by atoms with Gasteiger partial charge in [-0.2, -0.15) is 0 Å². The zero-order valence-electron chi connectivity index (χ0n) is 16.1. The first kappa shape index (κ1) is 20.9. The van der Waals surface area contributed by atoms with Gasteiger partial charge in [0.1, 0.15) is 5.82 Å². The molecule has 152 valence electrons. The fourth-order valence-corrected chi connectivity index (χ4v) is 2.86. The van der Waals surface area contributed by atoms with E-state index >= 15 is 0 Å². The second-order valence-electron chi connectivity index (χ2n) is 6.60. The molecular formula is C24H20FNO4. The molecular weight excluding hydrogens is 385 g/mol. The number of ether oxygens (including phenoxy) is 1. The van der Waals surface area contributed by atoms with Crippen molar-refractivity contribution in [3.8, 4) is 0 Å². The summed E-state index contributed by atoms with van der Waals surface area (Å²) in [4.78, 5) is 37.0. The van der Waals surface area contributed by atoms with Crippen LogP contribution < -0.4 is 5.32 Å². The minimum absolute atomic E-state index is 0.140. The topological polar surface area (TPSA) is 72.5 Å². The van der Waals surface area contributed by atoms with Gasteiger partial charge in [0.05, 0.1) is 12.5 Å². The molecule has 0 aromatic heterocycles. The molecule has 0 heterocycles. The standard InChI is InChI=1S/C24H20FNO4/c25-20-13-11-18(12-14-20)22(27)16-30-23(28)15-21(17-7-3-1-4-8-17)26-24(29)19-9-5-2-6-10-19/h1-14,21H,15-16H2,(H,26,29)/t21-/m0/s1. The third kappa shape index (κ3) is 5.85. The molecule has 0 unspecified atom stereocenters. The average molecular weight is 405 g/mol. The van der Waals surface area contributed by atoms with Crippen molar-refractivity contribution >= 4 is 17.7 Å². The van der Waals surface area contributed by atoms with Crippen LogP contribution in [-0.4, -0.2) is 24.3 Å². The molecule has 0 spiro atoms. The highest BCUT2D eigenvalue weighted by Gasteiger charge is 2.21. The van der Waals surface area contributed by atoms with Crippen molar-refractivity contribution < 1.29 is 23.5 Å². The first-order chi connectivity index (χ1) is 14.5. The van der Waals surface area contributed by atoms with Crippen LogP contribution in [-0.2, 0) is 9.53 Å². The van der Waals surface area contributed by atoms with E-state index < -0.39 is 30.2 Å². The maximum atomic E-state index is 13.0. The summed E-state index contributed by atoms with van der Waals surface area (Å²) in [7, 11) is 0. The Labute approximate surface area is 173 Å². The molecule has 3 rings (SSSR count). The van der Waals surface area contributed by atoms with Gasteiger partial charge in [0, 0.05) is 11.1 Å². The second-order valence-corrected chi connectivity index (χ2v) is 6.60. The molecule has 3 aromatic carbocycles. The molecule has 1 atom stereocenters. The number of halogens is 1. The number of hydrogen-bond donors (Lipinski definition) is 1. The van der Waals surface area contributed by atoms with Crippen LogP contribution in [0.1, 0.15) is 38.7 Å². The van der Waals surface area contributed by atoms with Gasteiger partial charge in [0.15, 0.2) is 12.4 Å². The average Bonchev–Trinajstić information content (AvgIpc) is 2.78. The van der Waals surface area contributed by atoms with Gasteiger partial charge in [-0.05, 0) is 42.0 Å². The van der Waals surface area contributed by atoms with E-state index in [-0.39, 0.29) is 17.9 Å². The minimum Gasteiger partial charge on any atom is -0.457 e. The first-order valence-corrected chi connectivity index (χ1v) is 9.38. The van der Waals surface area contributed by atoms with E-state index in [1.54, 1.807) is 54.6 Å². The van der Waals surface area contributed by atoms with Crippen molar-refractivity contribution in [2.75, 3.05) is 6.61 Å². The summed E-state index contributed by atoms with van der Waals surface area (Å²) in [5.74, 6) is -1.84. The van der Waals surface area contributed by atoms with Crippen LogP contribution in [0.2, 0.25) is 0 Å². The quantitative estimate of drug-likeness (QED) is 0.452. The van der Waals surface area contributed by atoms with Crippen LogP contribution in [0.4, 0.5) is 4.39 Å². The Morgan fingerprint density at radius 1 is 0.800 bits per heavy atom. The van der Waals surface area contributed by atoms with Crippen molar-refractivity contribution in [2.24, 2.45) is 0 Å². The van der Waals surface area contributed by atoms with Crippen molar-refractivity contribution in [1.29, 1.82) is 0 Å². The van der Waals surface area contributed by atoms with Crippen LogP contribution in [0, 0.1) is 5.82 Å². The molecule has 5 nitrogen and oxygen atoms in total. The molecule has 0 aliphatic heterocycles. The van der Waals surface area contributed by atoms with E-state index in [4.69, 9.17) is 4.74 Å². The number of amides is 1. The fraction of sp³-hybridized carbons (Fsp3) is 0.125. The zero-order chi connectivity index (χ0) is 21.3. The molecule has 30 heavy (non-hydrogen) atoms. The summed E-state index contributed by atoms with van der Waals surface area (Å²) in [5.41, 5.74) is 1.46. The summed E-state index contributed by atoms with van der Waals surface area (Å²) in [6, 6.07) is 22.1. The molecule has 0 saturated carbocycles. The van der Waals surface area contributed by atoms with Crippen LogP contribution >= 0.6 is 0 Å². The highest BCUT2D eigenvalue weighted by Crippen LogP contribution is 2.18. The third-order valence-corrected chi connectivity index (χ3v) is 4.44. The Balaban J connectivity index is 1.63. The van der Waals surface area contributed by atoms with Gasteiger partial charge in [-0.3, -0.25) is 14.4 Å². The van der Waals surface area contributed by atoms with Crippen molar-refractivity contribution in [3.63, 3.8) is 0 Å². The van der Waals surface area contributed by atoms with Gasteiger partial charge >= 0.3 is 5.97 Å². The third-order valence-electron chi connectivity index (χ3n) is 4.44. The first-order valence-electron chi connectivity index (χ1n) is 9.38. The van der Waals surface area contributed by atoms with Gasteiger partial charge in [0.25, 0.3) is 5.91 Å². The number of benzene rings is 3. The molecule has 6 heteroatoms. The predicted octanol–water partition coefficient (Wildman–Crippen LogP) is 4.11. The number of carbonyl (C=O) groups excluding carboxylic acids is 3. The summed E-state index contributed by atoms with van der Waals surface area (Å²) in [6.07, 6.45) is -0.140. The highest BCUT2D eigenvalue weighted by molar-refractivity contribution is 5.98. The summed E-state index contributed by atoms with van der Waals surface area (Å²) >= 11 is 0. The van der Waals surface area contributed by atoms with Gasteiger partial charge in [0.2, 0.25) is 0 Å². The normalized spacial score (nSPS) is 11.4. The van der Waals surface area contributed by atoms with Crippen molar-refractivity contribution in [3.05, 3.63) is 107 Å². The Bertz CT molecular complexity index is 1000. The number of hydrogen-bond acceptors (Lipinski definition) is 4. The number of esters is 1. The van der Waals surface area contributed by atoms with E-state index in [9.17, 15) is 18.8 Å². The Hall–Kier alpha value is -3.80. The van der Waals surface area contributed by atoms with Crippen LogP contribution in [0.15, 0.2) is 84.9 Å². The number of rotatable bonds is 8. The lowest BCUT2D eigenvalue weighted by atomic mass is 10.0. The monoisotopic (exact) mass is 405 g/mol. The number of nitrogens with one attached hydrogen (secondary N) is 1. The SMILES string of the molecule is O=C(C[C@H](NC(=O)c1ccccc1)c1ccccc1)OCC(=O)c1ccc(F)cc1. The van der Waals surface area contributed by atoms with Crippen LogP contribution in [0.3, 0.4) is 0 Å². The molecule has 0 fully saturated rings. The summed E-state index contributed by atoms with van der Waals surface area (Å²) in [6.45, 7) is -0.460. The number of carbonyl (C=O) groups is 3. The van der Waals surface area contributed by atoms with Gasteiger partial charge in [-0.1, -0.05) is 48.5 Å². The molecule has 0 aliphatic carbocycles. The van der Waals surface area contributed by atoms with Crippen LogP contribution in [0.25, 0.3) is 0 Å². The molecule has 3 aromatic rings. The zero-order valence-corrected chi connectivity index (χ0v) is 16.1. The van der Waals surface area contributed by atoms with E-state index in [0.717, 1.165) is 5.56 Å². The van der Waals surface area contributed by atoms with E-state index in [1.165, 1.54) is 24.3 Å². The second kappa shape index (κ2) is 10.1. The highest BCUT2D eigenvalue weighted by atomic mass is 19.1. The number of ketones is 1. The molecule has 0 saturated heterocycles. The fourth-order valence-electron chi connectivity index (χ4n) is 2.86. The summed E-state index contributed by atoms with van der Waals surface area (Å²) < 4.78 is 18.1.